The van der Waals surface area contributed by atoms with Gasteiger partial charge in [-0.15, -0.1) is 23.2 Å². The van der Waals surface area contributed by atoms with Gasteiger partial charge in [-0.25, -0.2) is 0 Å². The Hall–Kier alpha value is 0.01000. The van der Waals surface area contributed by atoms with E-state index in [-0.39, 0.29) is 23.5 Å². The highest BCUT2D eigenvalue weighted by Crippen LogP contribution is 2.33. The highest BCUT2D eigenvalue weighted by Gasteiger charge is 2.40. The molecule has 3 nitrogen and oxygen atoms in total. The molecule has 0 aliphatic carbocycles. The molecule has 0 unspecified atom stereocenters. The Kier molecular flexibility index (Phi) is 4.27. The summed E-state index contributed by atoms with van der Waals surface area (Å²) in [6.45, 7) is 4.19. The van der Waals surface area contributed by atoms with Crippen molar-refractivity contribution in [1.82, 2.24) is 0 Å². The van der Waals surface area contributed by atoms with Crippen molar-refractivity contribution >= 4 is 29.2 Å². The van der Waals surface area contributed by atoms with E-state index in [1.165, 1.54) is 0 Å². The summed E-state index contributed by atoms with van der Waals surface area (Å²) >= 11 is 12.0. The molecule has 3 atom stereocenters. The Morgan fingerprint density at radius 2 is 2.07 bits per heavy atom. The first-order chi connectivity index (χ1) is 6.88. The van der Waals surface area contributed by atoms with E-state index in [0.717, 1.165) is 0 Å². The van der Waals surface area contributed by atoms with Crippen LogP contribution in [0.15, 0.2) is 0 Å². The van der Waals surface area contributed by atoms with Crippen LogP contribution >= 0.6 is 23.2 Å². The molecule has 0 spiro atoms. The number of carbonyl (C=O) groups excluding carboxylic acids is 1. The molecule has 1 fully saturated rings. The van der Waals surface area contributed by atoms with Crippen LogP contribution in [-0.4, -0.2) is 36.5 Å². The predicted octanol–water partition coefficient (Wildman–Crippen LogP) is 2.19. The van der Waals surface area contributed by atoms with Gasteiger partial charge in [0.2, 0.25) is 0 Å². The lowest BCUT2D eigenvalue weighted by Gasteiger charge is -2.38. The minimum atomic E-state index is -0.679. The van der Waals surface area contributed by atoms with Gasteiger partial charge in [0.1, 0.15) is 5.38 Å². The van der Waals surface area contributed by atoms with E-state index in [0.29, 0.717) is 6.42 Å². The summed E-state index contributed by atoms with van der Waals surface area (Å²) in [4.78, 5) is 11.3. The lowest BCUT2D eigenvalue weighted by molar-refractivity contribution is -0.152. The normalized spacial score (nSPS) is 36.6. The number of methoxy groups -OCH3 is 1. The van der Waals surface area contributed by atoms with Gasteiger partial charge in [0.05, 0.1) is 18.1 Å². The number of esters is 1. The average molecular weight is 255 g/mol. The lowest BCUT2D eigenvalue weighted by atomic mass is 9.83. The Bertz CT molecular complexity index is 243. The maximum absolute atomic E-state index is 11.3. The fourth-order valence-corrected chi connectivity index (χ4v) is 2.77. The van der Waals surface area contributed by atoms with Crippen molar-refractivity contribution in [3.05, 3.63) is 0 Å². The van der Waals surface area contributed by atoms with Gasteiger partial charge in [0.25, 0.3) is 0 Å². The summed E-state index contributed by atoms with van der Waals surface area (Å²) in [6.07, 6.45) is 0.192. The molecule has 1 aliphatic rings. The third kappa shape index (κ3) is 2.99. The Morgan fingerprint density at radius 3 is 2.60 bits per heavy atom. The fraction of sp³-hybridized carbons (Fsp3) is 0.900. The third-order valence-electron chi connectivity index (χ3n) is 2.63. The SMILES string of the molecule is CO[C@@H]1[C@H](Cl)C[C@@H](Cl)C(=O)OCC1(C)C. The summed E-state index contributed by atoms with van der Waals surface area (Å²) in [5, 5.41) is -0.957. The van der Waals surface area contributed by atoms with Crippen molar-refractivity contribution in [2.45, 2.75) is 37.1 Å². The second-order valence-electron chi connectivity index (χ2n) is 4.47. The summed E-state index contributed by atoms with van der Waals surface area (Å²) in [5.74, 6) is -0.398. The second kappa shape index (κ2) is 4.89. The second-order valence-corrected chi connectivity index (χ2v) is 5.56. The number of cyclic esters (lactones) is 1. The zero-order chi connectivity index (χ0) is 11.6. The van der Waals surface area contributed by atoms with Crippen molar-refractivity contribution in [2.24, 2.45) is 5.41 Å². The van der Waals surface area contributed by atoms with Crippen LogP contribution in [0, 0.1) is 5.41 Å². The molecule has 1 saturated heterocycles. The van der Waals surface area contributed by atoms with Crippen LogP contribution in [-0.2, 0) is 14.3 Å². The minimum absolute atomic E-state index is 0.173. The quantitative estimate of drug-likeness (QED) is 0.532. The first-order valence-corrected chi connectivity index (χ1v) is 5.73. The van der Waals surface area contributed by atoms with Crippen LogP contribution in [0.3, 0.4) is 0 Å². The number of rotatable bonds is 1. The fourth-order valence-electron chi connectivity index (χ4n) is 1.80. The molecule has 0 bridgehead atoms. The van der Waals surface area contributed by atoms with E-state index >= 15 is 0 Å². The molecule has 0 radical (unpaired) electrons. The largest absolute Gasteiger partial charge is 0.464 e. The maximum atomic E-state index is 11.3. The molecule has 88 valence electrons. The van der Waals surface area contributed by atoms with Crippen molar-refractivity contribution in [1.29, 1.82) is 0 Å². The summed E-state index contributed by atoms with van der Waals surface area (Å²) in [6, 6.07) is 0. The standard InChI is InChI=1S/C10H16Cl2O3/c1-10(2)5-15-9(13)7(12)4-6(11)8(10)14-3/h6-8H,4-5H2,1-3H3/t6-,7-,8-/m1/s1. The number of hydrogen-bond acceptors (Lipinski definition) is 3. The summed E-state index contributed by atoms with van der Waals surface area (Å²) in [7, 11) is 1.61. The number of hydrogen-bond donors (Lipinski definition) is 0. The van der Waals surface area contributed by atoms with E-state index in [9.17, 15) is 4.79 Å². The van der Waals surface area contributed by atoms with Crippen molar-refractivity contribution < 1.29 is 14.3 Å². The Balaban J connectivity index is 2.84. The first-order valence-electron chi connectivity index (χ1n) is 4.86. The first kappa shape index (κ1) is 13.1. The van der Waals surface area contributed by atoms with Crippen molar-refractivity contribution in [2.75, 3.05) is 13.7 Å². The van der Waals surface area contributed by atoms with Gasteiger partial charge in [0, 0.05) is 12.5 Å². The van der Waals surface area contributed by atoms with Gasteiger partial charge in [-0.1, -0.05) is 13.8 Å². The van der Waals surface area contributed by atoms with Gasteiger partial charge >= 0.3 is 5.97 Å². The molecular formula is C10H16Cl2O3. The van der Waals surface area contributed by atoms with Crippen LogP contribution in [0.4, 0.5) is 0 Å². The van der Waals surface area contributed by atoms with Crippen LogP contribution < -0.4 is 0 Å². The van der Waals surface area contributed by atoms with Crippen molar-refractivity contribution in [3.8, 4) is 0 Å². The molecule has 0 saturated carbocycles. The van der Waals surface area contributed by atoms with E-state index in [2.05, 4.69) is 0 Å². The monoisotopic (exact) mass is 254 g/mol. The Labute approximate surface area is 100 Å². The zero-order valence-electron chi connectivity index (χ0n) is 9.13. The topological polar surface area (TPSA) is 35.5 Å². The highest BCUT2D eigenvalue weighted by molar-refractivity contribution is 6.31. The van der Waals surface area contributed by atoms with Crippen LogP contribution in [0.2, 0.25) is 0 Å². The predicted molar refractivity (Wildman–Crippen MR) is 59.4 cm³/mol. The molecule has 0 aromatic carbocycles. The van der Waals surface area contributed by atoms with E-state index in [4.69, 9.17) is 32.7 Å². The van der Waals surface area contributed by atoms with Gasteiger partial charge in [-0.3, -0.25) is 4.79 Å². The Morgan fingerprint density at radius 1 is 1.47 bits per heavy atom. The van der Waals surface area contributed by atoms with Gasteiger partial charge in [0.15, 0.2) is 0 Å². The molecule has 0 amide bonds. The van der Waals surface area contributed by atoms with E-state index in [1.807, 2.05) is 13.8 Å². The maximum Gasteiger partial charge on any atom is 0.324 e. The lowest BCUT2D eigenvalue weighted by Crippen LogP contribution is -2.46. The number of carbonyl (C=O) groups is 1. The minimum Gasteiger partial charge on any atom is -0.464 e. The molecule has 0 N–H and O–H groups in total. The molecular weight excluding hydrogens is 239 g/mol. The summed E-state index contributed by atoms with van der Waals surface area (Å²) in [5.41, 5.74) is -0.298. The molecule has 1 aliphatic heterocycles. The number of halogens is 2. The molecule has 15 heavy (non-hydrogen) atoms. The van der Waals surface area contributed by atoms with Gasteiger partial charge < -0.3 is 9.47 Å². The zero-order valence-corrected chi connectivity index (χ0v) is 10.6. The molecule has 0 aromatic heterocycles. The average Bonchev–Trinajstić information content (AvgIpc) is 2.13. The van der Waals surface area contributed by atoms with Crippen LogP contribution in [0.5, 0.6) is 0 Å². The van der Waals surface area contributed by atoms with Crippen LogP contribution in [0.25, 0.3) is 0 Å². The van der Waals surface area contributed by atoms with Crippen molar-refractivity contribution in [3.63, 3.8) is 0 Å². The summed E-state index contributed by atoms with van der Waals surface area (Å²) < 4.78 is 10.4. The smallest absolute Gasteiger partial charge is 0.324 e. The van der Waals surface area contributed by atoms with E-state index in [1.54, 1.807) is 7.11 Å². The van der Waals surface area contributed by atoms with E-state index < -0.39 is 11.3 Å². The number of ether oxygens (including phenoxy) is 2. The van der Waals surface area contributed by atoms with Gasteiger partial charge in [-0.2, -0.15) is 0 Å². The molecule has 1 rings (SSSR count). The molecule has 1 heterocycles. The molecule has 5 heteroatoms. The highest BCUT2D eigenvalue weighted by atomic mass is 35.5. The molecule has 0 aromatic rings. The van der Waals surface area contributed by atoms with Crippen LogP contribution in [0.1, 0.15) is 20.3 Å². The third-order valence-corrected chi connectivity index (χ3v) is 3.39. The number of alkyl halides is 2. The van der Waals surface area contributed by atoms with Gasteiger partial charge in [-0.05, 0) is 6.42 Å².